The molecule has 1 aromatic rings. The number of nitrogens with zero attached hydrogens (tertiary/aromatic N) is 1. The number of ether oxygens (including phenoxy) is 3. The van der Waals surface area contributed by atoms with E-state index in [0.717, 1.165) is 5.06 Å². The van der Waals surface area contributed by atoms with Gasteiger partial charge in [-0.25, -0.2) is 0 Å². The maximum Gasteiger partial charge on any atom is 0.334 e. The average Bonchev–Trinajstić information content (AvgIpc) is 2.65. The number of hydrogen-bond donors (Lipinski definition) is 1. The van der Waals surface area contributed by atoms with E-state index in [1.807, 2.05) is 0 Å². The number of hydroxylamine groups is 1. The van der Waals surface area contributed by atoms with Crippen molar-refractivity contribution in [2.45, 2.75) is 0 Å². The third-order valence-corrected chi connectivity index (χ3v) is 1.73. The Hall–Kier alpha value is -1.56. The smallest absolute Gasteiger partial charge is 0.334 e. The van der Waals surface area contributed by atoms with Crippen LogP contribution in [-0.4, -0.2) is 26.2 Å². The van der Waals surface area contributed by atoms with Gasteiger partial charge in [0.05, 0.1) is 14.2 Å². The largest absolute Gasteiger partial charge is 0.487 e. The van der Waals surface area contributed by atoms with Crippen LogP contribution in [0.1, 0.15) is 0 Å². The van der Waals surface area contributed by atoms with E-state index in [2.05, 4.69) is 0 Å². The topological polar surface area (TPSA) is 64.3 Å². The maximum absolute atomic E-state index is 9.21. The van der Waals surface area contributed by atoms with Crippen molar-refractivity contribution in [1.82, 2.24) is 0 Å². The molecule has 6 heteroatoms. The summed E-state index contributed by atoms with van der Waals surface area (Å²) < 4.78 is 20.1. The van der Waals surface area contributed by atoms with Gasteiger partial charge in [-0.05, 0) is 0 Å². The Bertz CT molecular complexity index is 321. The standard InChI is InChI=1S/C7H9NO5/c1-10-5-4-6(8(9)3-12-4)13-7(5)11-2/h9H,3H2,1-2H3. The second-order valence-corrected chi connectivity index (χ2v) is 2.43. The Morgan fingerprint density at radius 3 is 2.77 bits per heavy atom. The van der Waals surface area contributed by atoms with Gasteiger partial charge in [0.15, 0.2) is 6.73 Å². The molecule has 6 nitrogen and oxygen atoms in total. The highest BCUT2D eigenvalue weighted by Crippen LogP contribution is 2.50. The van der Waals surface area contributed by atoms with Crippen molar-refractivity contribution < 1.29 is 23.8 Å². The monoisotopic (exact) mass is 187 g/mol. The minimum absolute atomic E-state index is 0.0362. The molecule has 2 heterocycles. The van der Waals surface area contributed by atoms with Crippen LogP contribution in [0.3, 0.4) is 0 Å². The number of rotatable bonds is 2. The average molecular weight is 187 g/mol. The first-order chi connectivity index (χ1) is 6.27. The van der Waals surface area contributed by atoms with Crippen molar-refractivity contribution in [2.24, 2.45) is 0 Å². The molecule has 1 aromatic heterocycles. The van der Waals surface area contributed by atoms with E-state index in [-0.39, 0.29) is 18.6 Å². The van der Waals surface area contributed by atoms with Gasteiger partial charge in [0.2, 0.25) is 11.5 Å². The molecule has 1 aliphatic rings. The van der Waals surface area contributed by atoms with Gasteiger partial charge in [0.1, 0.15) is 0 Å². The molecule has 0 saturated heterocycles. The SMILES string of the molecule is COc1oc2c(c1OC)OCN2O. The molecular weight excluding hydrogens is 178 g/mol. The molecule has 72 valence electrons. The fourth-order valence-electron chi connectivity index (χ4n) is 1.16. The predicted molar refractivity (Wildman–Crippen MR) is 41.6 cm³/mol. The molecule has 1 N–H and O–H groups in total. The normalized spacial score (nSPS) is 13.9. The van der Waals surface area contributed by atoms with Gasteiger partial charge < -0.3 is 18.6 Å². The van der Waals surface area contributed by atoms with Crippen LogP contribution in [0.15, 0.2) is 4.42 Å². The summed E-state index contributed by atoms with van der Waals surface area (Å²) in [5, 5.41) is 10.0. The highest BCUT2D eigenvalue weighted by Gasteiger charge is 2.32. The van der Waals surface area contributed by atoms with Crippen molar-refractivity contribution in [3.05, 3.63) is 0 Å². The Balaban J connectivity index is 2.48. The molecule has 0 spiro atoms. The fraction of sp³-hybridized carbons (Fsp3) is 0.429. The molecule has 0 radical (unpaired) electrons. The predicted octanol–water partition coefficient (Wildman–Crippen LogP) is 0.842. The minimum Gasteiger partial charge on any atom is -0.487 e. The quantitative estimate of drug-likeness (QED) is 0.740. The first kappa shape index (κ1) is 8.06. The third-order valence-electron chi connectivity index (χ3n) is 1.73. The van der Waals surface area contributed by atoms with Crippen LogP contribution in [0.25, 0.3) is 0 Å². The summed E-state index contributed by atoms with van der Waals surface area (Å²) in [5.74, 6) is 1.11. The first-order valence-electron chi connectivity index (χ1n) is 3.62. The zero-order chi connectivity index (χ0) is 9.42. The summed E-state index contributed by atoms with van der Waals surface area (Å²) in [4.78, 5) is 0. The van der Waals surface area contributed by atoms with Crippen molar-refractivity contribution in [1.29, 1.82) is 0 Å². The fourth-order valence-corrected chi connectivity index (χ4v) is 1.16. The summed E-state index contributed by atoms with van der Waals surface area (Å²) in [7, 11) is 2.91. The van der Waals surface area contributed by atoms with E-state index in [1.54, 1.807) is 0 Å². The van der Waals surface area contributed by atoms with Crippen LogP contribution in [0.5, 0.6) is 17.4 Å². The molecule has 0 aliphatic carbocycles. The van der Waals surface area contributed by atoms with Crippen molar-refractivity contribution >= 4 is 5.88 Å². The summed E-state index contributed by atoms with van der Waals surface area (Å²) >= 11 is 0. The van der Waals surface area contributed by atoms with E-state index in [4.69, 9.17) is 18.6 Å². The summed E-state index contributed by atoms with van der Waals surface area (Å²) in [5.41, 5.74) is 0. The minimum atomic E-state index is 0.0362. The summed E-state index contributed by atoms with van der Waals surface area (Å²) in [6, 6.07) is 0. The number of anilines is 1. The molecule has 0 amide bonds. The van der Waals surface area contributed by atoms with Gasteiger partial charge in [-0.1, -0.05) is 0 Å². The van der Waals surface area contributed by atoms with Crippen LogP contribution < -0.4 is 19.3 Å². The number of hydrogen-bond acceptors (Lipinski definition) is 6. The van der Waals surface area contributed by atoms with E-state index in [0.29, 0.717) is 11.5 Å². The van der Waals surface area contributed by atoms with E-state index in [9.17, 15) is 5.21 Å². The van der Waals surface area contributed by atoms with Crippen molar-refractivity contribution in [3.63, 3.8) is 0 Å². The Morgan fingerprint density at radius 1 is 1.38 bits per heavy atom. The van der Waals surface area contributed by atoms with Crippen LogP contribution in [-0.2, 0) is 0 Å². The lowest BCUT2D eigenvalue weighted by Gasteiger charge is -2.04. The summed E-state index contributed by atoms with van der Waals surface area (Å²) in [6.07, 6.45) is 0. The van der Waals surface area contributed by atoms with Crippen molar-refractivity contribution in [3.8, 4) is 17.4 Å². The molecule has 1 aliphatic heterocycles. The maximum atomic E-state index is 9.21. The van der Waals surface area contributed by atoms with Gasteiger partial charge in [0, 0.05) is 0 Å². The zero-order valence-electron chi connectivity index (χ0n) is 7.23. The second kappa shape index (κ2) is 2.74. The highest BCUT2D eigenvalue weighted by atomic mass is 16.7. The lowest BCUT2D eigenvalue weighted by Crippen LogP contribution is -2.16. The Kier molecular flexibility index (Phi) is 1.70. The zero-order valence-corrected chi connectivity index (χ0v) is 7.23. The Morgan fingerprint density at radius 2 is 2.15 bits per heavy atom. The molecule has 0 aromatic carbocycles. The molecule has 0 unspecified atom stereocenters. The molecule has 0 saturated carbocycles. The van der Waals surface area contributed by atoms with Crippen molar-refractivity contribution in [2.75, 3.05) is 26.0 Å². The third kappa shape index (κ3) is 0.988. The van der Waals surface area contributed by atoms with Crippen LogP contribution in [0.4, 0.5) is 5.88 Å². The van der Waals surface area contributed by atoms with E-state index in [1.165, 1.54) is 14.2 Å². The Labute approximate surface area is 74.2 Å². The molecule has 0 fully saturated rings. The van der Waals surface area contributed by atoms with Crippen LogP contribution >= 0.6 is 0 Å². The molecular formula is C7H9NO5. The van der Waals surface area contributed by atoms with Gasteiger partial charge in [-0.15, -0.1) is 0 Å². The summed E-state index contributed by atoms with van der Waals surface area (Å²) in [6.45, 7) is 0.0362. The van der Waals surface area contributed by atoms with Crippen LogP contribution in [0.2, 0.25) is 0 Å². The van der Waals surface area contributed by atoms with Gasteiger partial charge in [-0.2, -0.15) is 5.06 Å². The first-order valence-corrected chi connectivity index (χ1v) is 3.62. The van der Waals surface area contributed by atoms with Gasteiger partial charge in [-0.3, -0.25) is 5.21 Å². The number of furan rings is 1. The molecule has 2 rings (SSSR count). The van der Waals surface area contributed by atoms with E-state index < -0.39 is 0 Å². The number of fused-ring (bicyclic) bond motifs is 1. The second-order valence-electron chi connectivity index (χ2n) is 2.43. The van der Waals surface area contributed by atoms with Gasteiger partial charge in [0.25, 0.3) is 5.88 Å². The highest BCUT2D eigenvalue weighted by molar-refractivity contribution is 5.64. The number of methoxy groups -OCH3 is 2. The molecule has 13 heavy (non-hydrogen) atoms. The molecule has 0 atom stereocenters. The van der Waals surface area contributed by atoms with Gasteiger partial charge >= 0.3 is 5.95 Å². The van der Waals surface area contributed by atoms with Crippen LogP contribution in [0, 0.1) is 0 Å². The lowest BCUT2D eigenvalue weighted by molar-refractivity contribution is 0.172. The lowest BCUT2D eigenvalue weighted by atomic mass is 10.5. The molecule has 0 bridgehead atoms. The van der Waals surface area contributed by atoms with E-state index >= 15 is 0 Å².